The summed E-state index contributed by atoms with van der Waals surface area (Å²) in [5.74, 6) is 0.720. The molecule has 0 aliphatic heterocycles. The molecule has 0 radical (unpaired) electrons. The zero-order valence-electron chi connectivity index (χ0n) is 12.4. The lowest BCUT2D eigenvalue weighted by atomic mass is 10.2. The van der Waals surface area contributed by atoms with E-state index in [0.717, 1.165) is 5.75 Å². The fourth-order valence-electron chi connectivity index (χ4n) is 2.63. The van der Waals surface area contributed by atoms with E-state index in [-0.39, 0.29) is 16.1 Å². The Bertz CT molecular complexity index is 640. The van der Waals surface area contributed by atoms with E-state index >= 15 is 0 Å². The van der Waals surface area contributed by atoms with Crippen LogP contribution in [0, 0.1) is 17.0 Å². The molecule has 1 aromatic carbocycles. The number of nitro benzene ring substituents is 1. The minimum absolute atomic E-state index is 0.0208. The highest BCUT2D eigenvalue weighted by atomic mass is 32.2. The van der Waals surface area contributed by atoms with Crippen LogP contribution in [-0.2, 0) is 10.0 Å². The molecule has 8 heteroatoms. The number of nitrogens with zero attached hydrogens (tertiary/aromatic N) is 1. The van der Waals surface area contributed by atoms with Crippen LogP contribution < -0.4 is 4.72 Å². The van der Waals surface area contributed by atoms with Gasteiger partial charge in [0.1, 0.15) is 0 Å². The normalized spacial score (nSPS) is 16.0. The van der Waals surface area contributed by atoms with Crippen molar-refractivity contribution in [2.45, 2.75) is 42.8 Å². The number of thioether (sulfide) groups is 1. The Morgan fingerprint density at radius 3 is 2.68 bits per heavy atom. The van der Waals surface area contributed by atoms with Gasteiger partial charge in [0.15, 0.2) is 0 Å². The largest absolute Gasteiger partial charge is 0.273 e. The summed E-state index contributed by atoms with van der Waals surface area (Å²) in [6, 6.07) is 4.10. The molecule has 0 amide bonds. The van der Waals surface area contributed by atoms with Gasteiger partial charge in [-0.1, -0.05) is 18.9 Å². The van der Waals surface area contributed by atoms with Crippen LogP contribution in [-0.4, -0.2) is 30.9 Å². The molecule has 0 aromatic heterocycles. The molecule has 22 heavy (non-hydrogen) atoms. The summed E-state index contributed by atoms with van der Waals surface area (Å²) in [7, 11) is -3.71. The van der Waals surface area contributed by atoms with Crippen LogP contribution in [0.25, 0.3) is 0 Å². The third-order valence-electron chi connectivity index (χ3n) is 3.79. The molecule has 2 rings (SSSR count). The van der Waals surface area contributed by atoms with Crippen LogP contribution in [0.3, 0.4) is 0 Å². The fraction of sp³-hybridized carbons (Fsp3) is 0.571. The number of rotatable bonds is 7. The first-order valence-corrected chi connectivity index (χ1v) is 9.80. The van der Waals surface area contributed by atoms with Gasteiger partial charge in [-0.25, -0.2) is 13.1 Å². The van der Waals surface area contributed by atoms with Crippen molar-refractivity contribution in [2.24, 2.45) is 0 Å². The number of benzene rings is 1. The van der Waals surface area contributed by atoms with Crippen LogP contribution in [0.5, 0.6) is 0 Å². The zero-order chi connectivity index (χ0) is 16.2. The highest BCUT2D eigenvalue weighted by Crippen LogP contribution is 2.29. The number of nitrogens with one attached hydrogen (secondary N) is 1. The van der Waals surface area contributed by atoms with E-state index in [0.29, 0.717) is 11.8 Å². The summed E-state index contributed by atoms with van der Waals surface area (Å²) in [6.07, 6.45) is 4.94. The number of hydrogen-bond donors (Lipinski definition) is 1. The molecule has 0 bridgehead atoms. The highest BCUT2D eigenvalue weighted by Gasteiger charge is 2.22. The zero-order valence-corrected chi connectivity index (χ0v) is 14.1. The van der Waals surface area contributed by atoms with Crippen molar-refractivity contribution in [3.63, 3.8) is 0 Å². The SMILES string of the molecule is Cc1c([N+](=O)[O-])cccc1S(=O)(=O)NCCSC1CCCC1. The van der Waals surface area contributed by atoms with Crippen molar-refractivity contribution in [3.8, 4) is 0 Å². The molecule has 1 aliphatic carbocycles. The molecule has 1 saturated carbocycles. The summed E-state index contributed by atoms with van der Waals surface area (Å²) in [4.78, 5) is 10.3. The molecular formula is C14H20N2O4S2. The second-order valence-electron chi connectivity index (χ2n) is 5.33. The first-order chi connectivity index (χ1) is 10.4. The molecule has 1 fully saturated rings. The number of nitro groups is 1. The van der Waals surface area contributed by atoms with Crippen molar-refractivity contribution in [3.05, 3.63) is 33.9 Å². The second kappa shape index (κ2) is 7.43. The van der Waals surface area contributed by atoms with Gasteiger partial charge in [0, 0.05) is 29.2 Å². The molecule has 0 saturated heterocycles. The Morgan fingerprint density at radius 2 is 2.05 bits per heavy atom. The van der Waals surface area contributed by atoms with Crippen LogP contribution in [0.2, 0.25) is 0 Å². The molecule has 122 valence electrons. The Morgan fingerprint density at radius 1 is 1.36 bits per heavy atom. The molecular weight excluding hydrogens is 324 g/mol. The van der Waals surface area contributed by atoms with Gasteiger partial charge in [-0.3, -0.25) is 10.1 Å². The summed E-state index contributed by atoms with van der Waals surface area (Å²) in [5.41, 5.74) is -0.00773. The predicted molar refractivity (Wildman–Crippen MR) is 87.7 cm³/mol. The van der Waals surface area contributed by atoms with Gasteiger partial charge in [-0.2, -0.15) is 11.8 Å². The summed E-state index contributed by atoms with van der Waals surface area (Å²) < 4.78 is 27.1. The first kappa shape index (κ1) is 17.2. The predicted octanol–water partition coefficient (Wildman–Crippen LogP) is 2.86. The van der Waals surface area contributed by atoms with Crippen LogP contribution in [0.4, 0.5) is 5.69 Å². The number of hydrogen-bond acceptors (Lipinski definition) is 5. The summed E-state index contributed by atoms with van der Waals surface area (Å²) in [5, 5.41) is 11.5. The summed E-state index contributed by atoms with van der Waals surface area (Å²) >= 11 is 1.80. The van der Waals surface area contributed by atoms with E-state index in [4.69, 9.17) is 0 Å². The van der Waals surface area contributed by atoms with Gasteiger partial charge in [-0.15, -0.1) is 0 Å². The van der Waals surface area contributed by atoms with E-state index in [1.54, 1.807) is 11.8 Å². The first-order valence-electron chi connectivity index (χ1n) is 7.27. The lowest BCUT2D eigenvalue weighted by Gasteiger charge is -2.11. The van der Waals surface area contributed by atoms with Crippen molar-refractivity contribution in [1.82, 2.24) is 4.72 Å². The Labute approximate surface area is 134 Å². The second-order valence-corrected chi connectivity index (χ2v) is 8.48. The smallest absolute Gasteiger partial charge is 0.258 e. The van der Waals surface area contributed by atoms with Crippen molar-refractivity contribution < 1.29 is 13.3 Å². The minimum atomic E-state index is -3.71. The lowest BCUT2D eigenvalue weighted by Crippen LogP contribution is -2.27. The Kier molecular flexibility index (Phi) is 5.82. The monoisotopic (exact) mass is 344 g/mol. The van der Waals surface area contributed by atoms with E-state index in [2.05, 4.69) is 4.72 Å². The van der Waals surface area contributed by atoms with Crippen LogP contribution in [0.1, 0.15) is 31.2 Å². The third-order valence-corrected chi connectivity index (χ3v) is 6.78. The van der Waals surface area contributed by atoms with Gasteiger partial charge in [0.25, 0.3) is 5.69 Å². The minimum Gasteiger partial charge on any atom is -0.258 e. The van der Waals surface area contributed by atoms with Crippen LogP contribution in [0.15, 0.2) is 23.1 Å². The quantitative estimate of drug-likeness (QED) is 0.467. The van der Waals surface area contributed by atoms with E-state index in [9.17, 15) is 18.5 Å². The molecule has 0 atom stereocenters. The molecule has 1 aliphatic rings. The lowest BCUT2D eigenvalue weighted by molar-refractivity contribution is -0.385. The van der Waals surface area contributed by atoms with E-state index in [1.807, 2.05) is 0 Å². The Balaban J connectivity index is 1.98. The van der Waals surface area contributed by atoms with Gasteiger partial charge < -0.3 is 0 Å². The number of sulfonamides is 1. The van der Waals surface area contributed by atoms with Gasteiger partial charge >= 0.3 is 0 Å². The third kappa shape index (κ3) is 4.21. The Hall–Kier alpha value is -1.12. The summed E-state index contributed by atoms with van der Waals surface area (Å²) in [6.45, 7) is 1.80. The molecule has 0 unspecified atom stereocenters. The highest BCUT2D eigenvalue weighted by molar-refractivity contribution is 8.00. The van der Waals surface area contributed by atoms with Crippen molar-refractivity contribution in [1.29, 1.82) is 0 Å². The maximum absolute atomic E-state index is 12.3. The maximum Gasteiger partial charge on any atom is 0.273 e. The molecule has 1 aromatic rings. The van der Waals surface area contributed by atoms with Gasteiger partial charge in [-0.05, 0) is 25.8 Å². The van der Waals surface area contributed by atoms with Crippen LogP contribution >= 0.6 is 11.8 Å². The molecule has 0 heterocycles. The van der Waals surface area contributed by atoms with E-state index in [1.165, 1.54) is 50.8 Å². The van der Waals surface area contributed by atoms with Gasteiger partial charge in [0.05, 0.1) is 9.82 Å². The van der Waals surface area contributed by atoms with E-state index < -0.39 is 14.9 Å². The van der Waals surface area contributed by atoms with Crippen molar-refractivity contribution in [2.75, 3.05) is 12.3 Å². The van der Waals surface area contributed by atoms with Gasteiger partial charge in [0.2, 0.25) is 10.0 Å². The average molecular weight is 344 g/mol. The molecule has 6 nitrogen and oxygen atoms in total. The molecule has 0 spiro atoms. The average Bonchev–Trinajstić information content (AvgIpc) is 2.96. The standard InChI is InChI=1S/C14H20N2O4S2/c1-11-13(16(17)18)7-4-8-14(11)22(19,20)15-9-10-21-12-5-2-3-6-12/h4,7-8,12,15H,2-3,5-6,9-10H2,1H3. The van der Waals surface area contributed by atoms with Crippen molar-refractivity contribution >= 4 is 27.5 Å². The fourth-order valence-corrected chi connectivity index (χ4v) is 5.27. The maximum atomic E-state index is 12.3. The topological polar surface area (TPSA) is 89.3 Å². The molecule has 1 N–H and O–H groups in total.